The molecule has 4 rings (SSSR count). The van der Waals surface area contributed by atoms with Gasteiger partial charge in [-0.2, -0.15) is 4.98 Å². The lowest BCUT2D eigenvalue weighted by molar-refractivity contribution is -0.125. The van der Waals surface area contributed by atoms with Crippen molar-refractivity contribution in [3.05, 3.63) is 78.0 Å². The summed E-state index contributed by atoms with van der Waals surface area (Å²) in [5, 5.41) is 5.90. The number of piperidine rings is 1. The minimum Gasteiger partial charge on any atom is -0.356 e. The molecule has 2 heterocycles. The third kappa shape index (κ3) is 5.38. The fourth-order valence-corrected chi connectivity index (χ4v) is 3.78. The summed E-state index contributed by atoms with van der Waals surface area (Å²) in [4.78, 5) is 23.4. The average molecular weight is 437 g/mol. The molecule has 0 saturated carbocycles. The topological polar surface area (TPSA) is 70.2 Å². The molecule has 0 bridgehead atoms. The van der Waals surface area contributed by atoms with Crippen LogP contribution in [0.4, 0.5) is 26.2 Å². The molecule has 1 saturated heterocycles. The summed E-state index contributed by atoms with van der Waals surface area (Å²) in [6, 6.07) is 14.7. The van der Waals surface area contributed by atoms with Crippen molar-refractivity contribution in [1.82, 2.24) is 15.3 Å². The van der Waals surface area contributed by atoms with Crippen LogP contribution in [0.2, 0.25) is 0 Å². The molecular formula is C24H25F2N5O. The van der Waals surface area contributed by atoms with Crippen LogP contribution >= 0.6 is 0 Å². The number of para-hydroxylation sites is 1. The molecule has 0 aliphatic carbocycles. The number of nitrogens with zero attached hydrogens (tertiary/aromatic N) is 3. The Labute approximate surface area is 185 Å². The Morgan fingerprint density at radius 1 is 1.00 bits per heavy atom. The number of aromatic nitrogens is 2. The molecule has 6 nitrogen and oxygen atoms in total. The molecular weight excluding hydrogens is 412 g/mol. The SMILES string of the molecule is O=C(NCCc1ccccc1F)C1CCN(c2nccc(Nc3ccccc3F)n2)CC1. The Hall–Kier alpha value is -3.55. The summed E-state index contributed by atoms with van der Waals surface area (Å²) in [5.74, 6) is 0.359. The first kappa shape index (κ1) is 21.7. The number of halogens is 2. The van der Waals surface area contributed by atoms with Crippen LogP contribution in [0.1, 0.15) is 18.4 Å². The van der Waals surface area contributed by atoms with Gasteiger partial charge in [-0.1, -0.05) is 30.3 Å². The molecule has 3 aromatic rings. The van der Waals surface area contributed by atoms with Gasteiger partial charge in [0, 0.05) is 31.7 Å². The number of amides is 1. The van der Waals surface area contributed by atoms with E-state index in [1.807, 2.05) is 4.90 Å². The highest BCUT2D eigenvalue weighted by atomic mass is 19.1. The molecule has 0 unspecified atom stereocenters. The van der Waals surface area contributed by atoms with Crippen LogP contribution in [0, 0.1) is 17.6 Å². The maximum atomic E-state index is 13.9. The number of hydrogen-bond donors (Lipinski definition) is 2. The zero-order valence-electron chi connectivity index (χ0n) is 17.6. The molecule has 2 aromatic carbocycles. The molecule has 2 N–H and O–H groups in total. The highest BCUT2D eigenvalue weighted by Gasteiger charge is 2.26. The number of carbonyl (C=O) groups is 1. The number of carbonyl (C=O) groups excluding carboxylic acids is 1. The zero-order valence-corrected chi connectivity index (χ0v) is 17.6. The Bertz CT molecular complexity index is 1070. The van der Waals surface area contributed by atoms with Crippen molar-refractivity contribution in [2.75, 3.05) is 29.9 Å². The molecule has 1 aliphatic heterocycles. The maximum Gasteiger partial charge on any atom is 0.227 e. The average Bonchev–Trinajstić information content (AvgIpc) is 2.82. The van der Waals surface area contributed by atoms with E-state index in [2.05, 4.69) is 20.6 Å². The van der Waals surface area contributed by atoms with E-state index < -0.39 is 0 Å². The number of rotatable bonds is 7. The molecule has 32 heavy (non-hydrogen) atoms. The third-order valence-electron chi connectivity index (χ3n) is 5.58. The quantitative estimate of drug-likeness (QED) is 0.583. The van der Waals surface area contributed by atoms with Crippen LogP contribution in [-0.2, 0) is 11.2 Å². The van der Waals surface area contributed by atoms with E-state index in [9.17, 15) is 13.6 Å². The number of hydrogen-bond acceptors (Lipinski definition) is 5. The van der Waals surface area contributed by atoms with E-state index in [-0.39, 0.29) is 23.5 Å². The van der Waals surface area contributed by atoms with Gasteiger partial charge in [0.25, 0.3) is 0 Å². The molecule has 166 valence electrons. The Morgan fingerprint density at radius 3 is 2.47 bits per heavy atom. The van der Waals surface area contributed by atoms with E-state index in [0.29, 0.717) is 61.9 Å². The Balaban J connectivity index is 1.27. The standard InChI is InChI=1S/C24H25F2N5O/c25-19-6-2-1-5-17(19)9-13-27-23(32)18-11-15-31(16-12-18)24-28-14-10-22(30-24)29-21-8-4-3-7-20(21)26/h1-8,10,14,18H,9,11-13,15-16H2,(H,27,32)(H,28,29,30). The van der Waals surface area contributed by atoms with Gasteiger partial charge in [-0.25, -0.2) is 13.8 Å². The highest BCUT2D eigenvalue weighted by molar-refractivity contribution is 5.79. The van der Waals surface area contributed by atoms with Crippen molar-refractivity contribution in [2.24, 2.45) is 5.92 Å². The first-order valence-corrected chi connectivity index (χ1v) is 10.7. The monoisotopic (exact) mass is 437 g/mol. The van der Waals surface area contributed by atoms with E-state index in [4.69, 9.17) is 0 Å². The largest absolute Gasteiger partial charge is 0.356 e. The molecule has 0 radical (unpaired) electrons. The lowest BCUT2D eigenvalue weighted by atomic mass is 9.96. The first-order chi connectivity index (χ1) is 15.6. The van der Waals surface area contributed by atoms with Gasteiger partial charge in [0.15, 0.2) is 0 Å². The van der Waals surface area contributed by atoms with Gasteiger partial charge in [0.05, 0.1) is 5.69 Å². The maximum absolute atomic E-state index is 13.9. The van der Waals surface area contributed by atoms with Crippen LogP contribution in [0.3, 0.4) is 0 Å². The summed E-state index contributed by atoms with van der Waals surface area (Å²) < 4.78 is 27.6. The van der Waals surface area contributed by atoms with Gasteiger partial charge in [-0.05, 0) is 49.1 Å². The summed E-state index contributed by atoms with van der Waals surface area (Å²) in [7, 11) is 0. The summed E-state index contributed by atoms with van der Waals surface area (Å²) in [5.41, 5.74) is 0.951. The van der Waals surface area contributed by atoms with Gasteiger partial charge in [0.1, 0.15) is 17.5 Å². The predicted octanol–water partition coefficient (Wildman–Crippen LogP) is 4.07. The molecule has 1 aromatic heterocycles. The number of anilines is 3. The minimum absolute atomic E-state index is 0.00289. The lowest BCUT2D eigenvalue weighted by Crippen LogP contribution is -2.41. The normalized spacial score (nSPS) is 14.2. The molecule has 1 aliphatic rings. The van der Waals surface area contributed by atoms with Crippen molar-refractivity contribution < 1.29 is 13.6 Å². The molecule has 0 atom stereocenters. The molecule has 1 amide bonds. The number of benzene rings is 2. The second-order valence-corrected chi connectivity index (χ2v) is 7.74. The van der Waals surface area contributed by atoms with E-state index in [1.54, 1.807) is 48.7 Å². The highest BCUT2D eigenvalue weighted by Crippen LogP contribution is 2.23. The van der Waals surface area contributed by atoms with Crippen LogP contribution in [0.15, 0.2) is 60.8 Å². The van der Waals surface area contributed by atoms with Crippen LogP contribution < -0.4 is 15.5 Å². The lowest BCUT2D eigenvalue weighted by Gasteiger charge is -2.31. The van der Waals surface area contributed by atoms with Gasteiger partial charge < -0.3 is 15.5 Å². The van der Waals surface area contributed by atoms with Gasteiger partial charge >= 0.3 is 0 Å². The van der Waals surface area contributed by atoms with E-state index >= 15 is 0 Å². The van der Waals surface area contributed by atoms with Crippen molar-refractivity contribution in [1.29, 1.82) is 0 Å². The minimum atomic E-state index is -0.352. The summed E-state index contributed by atoms with van der Waals surface area (Å²) in [6.07, 6.45) is 3.46. The van der Waals surface area contributed by atoms with Gasteiger partial charge in [0.2, 0.25) is 11.9 Å². The van der Waals surface area contributed by atoms with Crippen molar-refractivity contribution >= 4 is 23.4 Å². The Morgan fingerprint density at radius 2 is 1.72 bits per heavy atom. The van der Waals surface area contributed by atoms with Crippen molar-refractivity contribution in [2.45, 2.75) is 19.3 Å². The first-order valence-electron chi connectivity index (χ1n) is 10.7. The van der Waals surface area contributed by atoms with E-state index in [1.165, 1.54) is 12.1 Å². The third-order valence-corrected chi connectivity index (χ3v) is 5.58. The van der Waals surface area contributed by atoms with E-state index in [0.717, 1.165) is 0 Å². The predicted molar refractivity (Wildman–Crippen MR) is 120 cm³/mol. The number of nitrogens with one attached hydrogen (secondary N) is 2. The van der Waals surface area contributed by atoms with Crippen LogP contribution in [0.5, 0.6) is 0 Å². The zero-order chi connectivity index (χ0) is 22.3. The summed E-state index contributed by atoms with van der Waals surface area (Å²) in [6.45, 7) is 1.70. The second kappa shape index (κ2) is 10.2. The van der Waals surface area contributed by atoms with Crippen LogP contribution in [0.25, 0.3) is 0 Å². The molecule has 8 heteroatoms. The van der Waals surface area contributed by atoms with Gasteiger partial charge in [-0.3, -0.25) is 4.79 Å². The fraction of sp³-hybridized carbons (Fsp3) is 0.292. The van der Waals surface area contributed by atoms with Gasteiger partial charge in [-0.15, -0.1) is 0 Å². The molecule has 1 fully saturated rings. The van der Waals surface area contributed by atoms with Crippen molar-refractivity contribution in [3.8, 4) is 0 Å². The fourth-order valence-electron chi connectivity index (χ4n) is 3.78. The molecule has 0 spiro atoms. The second-order valence-electron chi connectivity index (χ2n) is 7.74. The Kier molecular flexibility index (Phi) is 6.89. The smallest absolute Gasteiger partial charge is 0.227 e. The van der Waals surface area contributed by atoms with Crippen molar-refractivity contribution in [3.63, 3.8) is 0 Å². The van der Waals surface area contributed by atoms with Crippen LogP contribution in [-0.4, -0.2) is 35.5 Å². The summed E-state index contributed by atoms with van der Waals surface area (Å²) >= 11 is 0.